The molecule has 39 heavy (non-hydrogen) atoms. The highest BCUT2D eigenvalue weighted by atomic mass is 16.8. The third-order valence-electron chi connectivity index (χ3n) is 8.17. The summed E-state index contributed by atoms with van der Waals surface area (Å²) in [6, 6.07) is -1.85. The van der Waals surface area contributed by atoms with Gasteiger partial charge in [0.2, 0.25) is 0 Å². The summed E-state index contributed by atoms with van der Waals surface area (Å²) in [5.74, 6) is 0. The maximum Gasteiger partial charge on any atom is 0.187 e. The van der Waals surface area contributed by atoms with E-state index in [2.05, 4.69) is 0 Å². The van der Waals surface area contributed by atoms with Gasteiger partial charge in [-0.1, -0.05) is 0 Å². The molecule has 3 saturated heterocycles. The highest BCUT2D eigenvalue weighted by Crippen LogP contribution is 2.34. The third kappa shape index (κ3) is 7.07. The lowest BCUT2D eigenvalue weighted by Gasteiger charge is -2.46. The predicted molar refractivity (Wildman–Crippen MR) is 138 cm³/mol. The van der Waals surface area contributed by atoms with Crippen molar-refractivity contribution in [2.24, 2.45) is 34.4 Å². The Balaban J connectivity index is 1.49. The Labute approximate surface area is 229 Å². The minimum atomic E-state index is -1.31. The van der Waals surface area contributed by atoms with Gasteiger partial charge in [-0.2, -0.15) is 0 Å². The summed E-state index contributed by atoms with van der Waals surface area (Å²) in [6.45, 7) is 0.210. The summed E-state index contributed by atoms with van der Waals surface area (Å²) in [5, 5.41) is 21.2. The summed E-state index contributed by atoms with van der Waals surface area (Å²) in [5.41, 5.74) is 36.9. The number of ether oxygens (including phenoxy) is 7. The number of hydrogen-bond acceptors (Lipinski definition) is 15. The molecule has 4 rings (SSSR count). The zero-order valence-corrected chi connectivity index (χ0v) is 22.5. The molecule has 4 fully saturated rings. The first-order valence-electron chi connectivity index (χ1n) is 13.9. The first-order valence-corrected chi connectivity index (χ1v) is 13.9. The molecular weight excluding hydrogens is 516 g/mol. The second kappa shape index (κ2) is 14.0. The van der Waals surface area contributed by atoms with E-state index in [-0.39, 0.29) is 18.2 Å². The Morgan fingerprint density at radius 1 is 0.667 bits per heavy atom. The maximum atomic E-state index is 11.2. The number of nitrogens with two attached hydrogens (primary N) is 6. The van der Waals surface area contributed by atoms with Crippen molar-refractivity contribution in [3.8, 4) is 0 Å². The standard InChI is InChI=1S/C24H48N6O9/c1-33-18-14(29)6-15(30)19(37-22-12(27)4-2-10(7-25)34-22)21(18)39-24-17(32)20(16(9-31)36-24)38-23-13(28)5-3-11(8-26)35-23/h10-24,31-32H,2-9,25-30H2,1H3/t10-,11-,12+,13+,14+,15-,16+,17+,18-,19+,20+,21+,22+,23+,24-/m0/s1. The van der Waals surface area contributed by atoms with Crippen LogP contribution in [0.15, 0.2) is 0 Å². The number of methoxy groups -OCH3 is 1. The Morgan fingerprint density at radius 3 is 1.69 bits per heavy atom. The van der Waals surface area contributed by atoms with Crippen LogP contribution in [0.2, 0.25) is 0 Å². The largest absolute Gasteiger partial charge is 0.394 e. The molecule has 1 saturated carbocycles. The van der Waals surface area contributed by atoms with Crippen molar-refractivity contribution in [2.45, 2.75) is 124 Å². The Bertz CT molecular complexity index is 761. The highest BCUT2D eigenvalue weighted by molar-refractivity contribution is 5.01. The van der Waals surface area contributed by atoms with Gasteiger partial charge in [-0.05, 0) is 32.1 Å². The van der Waals surface area contributed by atoms with E-state index in [0.717, 1.165) is 6.42 Å². The summed E-state index contributed by atoms with van der Waals surface area (Å²) in [7, 11) is 1.51. The maximum absolute atomic E-state index is 11.2. The lowest BCUT2D eigenvalue weighted by molar-refractivity contribution is -0.289. The van der Waals surface area contributed by atoms with Gasteiger partial charge in [0.15, 0.2) is 18.9 Å². The normalized spacial score (nSPS) is 49.3. The zero-order chi connectivity index (χ0) is 28.3. The smallest absolute Gasteiger partial charge is 0.187 e. The quantitative estimate of drug-likeness (QED) is 0.125. The number of hydrogen-bond donors (Lipinski definition) is 8. The first kappa shape index (κ1) is 31.3. The molecule has 0 amide bonds. The van der Waals surface area contributed by atoms with Crippen LogP contribution < -0.4 is 34.4 Å². The Hall–Kier alpha value is -0.600. The van der Waals surface area contributed by atoms with E-state index in [4.69, 9.17) is 67.6 Å². The Kier molecular flexibility index (Phi) is 11.3. The van der Waals surface area contributed by atoms with E-state index < -0.39 is 80.2 Å². The molecule has 0 aromatic carbocycles. The van der Waals surface area contributed by atoms with Gasteiger partial charge in [0.05, 0.1) is 30.9 Å². The average Bonchev–Trinajstić information content (AvgIpc) is 3.22. The number of aliphatic hydroxyl groups excluding tert-OH is 2. The molecule has 0 radical (unpaired) electrons. The first-order chi connectivity index (χ1) is 18.7. The van der Waals surface area contributed by atoms with Crippen LogP contribution in [0.3, 0.4) is 0 Å². The van der Waals surface area contributed by atoms with Crippen LogP contribution in [0, 0.1) is 0 Å². The molecule has 0 spiro atoms. The van der Waals surface area contributed by atoms with Crippen molar-refractivity contribution in [2.75, 3.05) is 26.8 Å². The van der Waals surface area contributed by atoms with Gasteiger partial charge in [-0.3, -0.25) is 0 Å². The summed E-state index contributed by atoms with van der Waals surface area (Å²) in [6.07, 6.45) is -5.56. The van der Waals surface area contributed by atoms with Crippen molar-refractivity contribution in [3.05, 3.63) is 0 Å². The van der Waals surface area contributed by atoms with Crippen molar-refractivity contribution in [1.29, 1.82) is 0 Å². The molecule has 1 aliphatic carbocycles. The van der Waals surface area contributed by atoms with Gasteiger partial charge in [0.1, 0.15) is 36.6 Å². The van der Waals surface area contributed by atoms with Gasteiger partial charge < -0.3 is 77.8 Å². The highest BCUT2D eigenvalue weighted by Gasteiger charge is 2.53. The summed E-state index contributed by atoms with van der Waals surface area (Å²) < 4.78 is 42.1. The molecule has 3 aliphatic heterocycles. The van der Waals surface area contributed by atoms with Gasteiger partial charge >= 0.3 is 0 Å². The zero-order valence-electron chi connectivity index (χ0n) is 22.5. The van der Waals surface area contributed by atoms with E-state index in [1.165, 1.54) is 7.11 Å². The second-order valence-electron chi connectivity index (χ2n) is 11.0. The van der Waals surface area contributed by atoms with Crippen LogP contribution in [-0.4, -0.2) is 129 Å². The molecule has 15 atom stereocenters. The minimum Gasteiger partial charge on any atom is -0.394 e. The Morgan fingerprint density at radius 2 is 1.18 bits per heavy atom. The van der Waals surface area contributed by atoms with Crippen LogP contribution in [0.5, 0.6) is 0 Å². The van der Waals surface area contributed by atoms with Crippen molar-refractivity contribution >= 4 is 0 Å². The van der Waals surface area contributed by atoms with Crippen LogP contribution in [0.1, 0.15) is 32.1 Å². The number of aliphatic hydroxyl groups is 2. The predicted octanol–water partition coefficient (Wildman–Crippen LogP) is -4.12. The molecule has 0 aromatic rings. The SMILES string of the molecule is CO[C@@H]1[C@@H](O[C@@H]2O[C@H](CO)[C@@H](O[C@H]3O[C@H](CN)CC[C@H]3N)[C@H]2O)[C@H](O[C@H]2O[C@H](CN)CC[C@H]2N)[C@@H](N)C[C@H]1N. The molecule has 0 unspecified atom stereocenters. The minimum absolute atomic E-state index is 0.190. The summed E-state index contributed by atoms with van der Waals surface area (Å²) in [4.78, 5) is 0. The van der Waals surface area contributed by atoms with Crippen molar-refractivity contribution in [3.63, 3.8) is 0 Å². The van der Waals surface area contributed by atoms with Crippen LogP contribution in [-0.2, 0) is 33.2 Å². The monoisotopic (exact) mass is 564 g/mol. The summed E-state index contributed by atoms with van der Waals surface area (Å²) >= 11 is 0. The molecule has 15 nitrogen and oxygen atoms in total. The fourth-order valence-electron chi connectivity index (χ4n) is 5.86. The molecule has 4 aliphatic rings. The average molecular weight is 565 g/mol. The topological polar surface area (TPSA) is 261 Å². The molecule has 0 aromatic heterocycles. The van der Waals surface area contributed by atoms with Crippen LogP contribution >= 0.6 is 0 Å². The fourth-order valence-corrected chi connectivity index (χ4v) is 5.86. The van der Waals surface area contributed by atoms with Crippen molar-refractivity contribution < 1.29 is 43.4 Å². The third-order valence-corrected chi connectivity index (χ3v) is 8.17. The van der Waals surface area contributed by atoms with Gasteiger partial charge in [-0.15, -0.1) is 0 Å². The van der Waals surface area contributed by atoms with E-state index in [1.54, 1.807) is 0 Å². The van der Waals surface area contributed by atoms with E-state index in [9.17, 15) is 10.2 Å². The molecule has 3 heterocycles. The van der Waals surface area contributed by atoms with E-state index >= 15 is 0 Å². The molecule has 14 N–H and O–H groups in total. The van der Waals surface area contributed by atoms with Gasteiger partial charge in [0.25, 0.3) is 0 Å². The molecule has 228 valence electrons. The van der Waals surface area contributed by atoms with Crippen molar-refractivity contribution in [1.82, 2.24) is 0 Å². The number of rotatable bonds is 10. The molecular formula is C24H48N6O9. The lowest BCUT2D eigenvalue weighted by atomic mass is 9.84. The molecule has 0 bridgehead atoms. The van der Waals surface area contributed by atoms with Gasteiger partial charge in [0, 0.05) is 32.3 Å². The van der Waals surface area contributed by atoms with E-state index in [0.29, 0.717) is 38.8 Å². The van der Waals surface area contributed by atoms with E-state index in [1.807, 2.05) is 0 Å². The lowest BCUT2D eigenvalue weighted by Crippen LogP contribution is -2.66. The van der Waals surface area contributed by atoms with Crippen LogP contribution in [0.25, 0.3) is 0 Å². The van der Waals surface area contributed by atoms with Crippen LogP contribution in [0.4, 0.5) is 0 Å². The molecule has 15 heteroatoms. The van der Waals surface area contributed by atoms with Gasteiger partial charge in [-0.25, -0.2) is 0 Å². The second-order valence-corrected chi connectivity index (χ2v) is 11.0. The fraction of sp³-hybridized carbons (Fsp3) is 1.00.